The highest BCUT2D eigenvalue weighted by atomic mass is 79.9. The standard InChI is InChI=1S/C10H9BrFN3O/c1-16-8-2-3-9(12)10(4-8)15-6-7(5-11)13-14-15/h2-4,6H,5H2,1H3. The predicted octanol–water partition coefficient (Wildman–Crippen LogP) is 2.31. The molecule has 4 nitrogen and oxygen atoms in total. The van der Waals surface area contributed by atoms with Gasteiger partial charge in [0.25, 0.3) is 0 Å². The van der Waals surface area contributed by atoms with Crippen molar-refractivity contribution in [1.82, 2.24) is 15.0 Å². The third kappa shape index (κ3) is 2.06. The molecule has 0 fully saturated rings. The molecule has 0 unspecified atom stereocenters. The molecule has 1 heterocycles. The molecule has 16 heavy (non-hydrogen) atoms. The summed E-state index contributed by atoms with van der Waals surface area (Å²) in [6.45, 7) is 0. The molecule has 84 valence electrons. The summed E-state index contributed by atoms with van der Waals surface area (Å²) in [5.41, 5.74) is 1.06. The van der Waals surface area contributed by atoms with E-state index in [-0.39, 0.29) is 5.82 Å². The van der Waals surface area contributed by atoms with E-state index < -0.39 is 0 Å². The van der Waals surface area contributed by atoms with Crippen LogP contribution in [0.4, 0.5) is 4.39 Å². The van der Waals surface area contributed by atoms with Gasteiger partial charge in [-0.25, -0.2) is 9.07 Å². The van der Waals surface area contributed by atoms with E-state index in [4.69, 9.17) is 4.74 Å². The van der Waals surface area contributed by atoms with Crippen LogP contribution in [0.2, 0.25) is 0 Å². The zero-order valence-electron chi connectivity index (χ0n) is 8.52. The minimum absolute atomic E-state index is 0.319. The second-order valence-electron chi connectivity index (χ2n) is 3.11. The Balaban J connectivity index is 2.45. The number of aromatic nitrogens is 3. The Bertz CT molecular complexity index is 501. The zero-order chi connectivity index (χ0) is 11.5. The summed E-state index contributed by atoms with van der Waals surface area (Å²) in [5, 5.41) is 8.28. The number of methoxy groups -OCH3 is 1. The van der Waals surface area contributed by atoms with Crippen LogP contribution in [0.25, 0.3) is 5.69 Å². The number of hydrogen-bond acceptors (Lipinski definition) is 3. The van der Waals surface area contributed by atoms with Gasteiger partial charge in [-0.05, 0) is 12.1 Å². The first-order valence-corrected chi connectivity index (χ1v) is 5.68. The molecule has 6 heteroatoms. The second kappa shape index (κ2) is 4.61. The van der Waals surface area contributed by atoms with E-state index in [2.05, 4.69) is 26.2 Å². The van der Waals surface area contributed by atoms with Gasteiger partial charge in [-0.3, -0.25) is 0 Å². The smallest absolute Gasteiger partial charge is 0.149 e. The Morgan fingerprint density at radius 1 is 1.50 bits per heavy atom. The molecule has 0 bridgehead atoms. The van der Waals surface area contributed by atoms with Gasteiger partial charge in [0.05, 0.1) is 19.0 Å². The van der Waals surface area contributed by atoms with Crippen LogP contribution in [0, 0.1) is 5.82 Å². The average molecular weight is 286 g/mol. The highest BCUT2D eigenvalue weighted by Crippen LogP contribution is 2.19. The van der Waals surface area contributed by atoms with Gasteiger partial charge in [0.15, 0.2) is 0 Å². The fraction of sp³-hybridized carbons (Fsp3) is 0.200. The number of halogens is 2. The van der Waals surface area contributed by atoms with Gasteiger partial charge in [0.2, 0.25) is 0 Å². The lowest BCUT2D eigenvalue weighted by molar-refractivity contribution is 0.413. The van der Waals surface area contributed by atoms with E-state index in [1.807, 2.05) is 0 Å². The Labute approximate surface area is 100 Å². The normalized spacial score (nSPS) is 10.4. The summed E-state index contributed by atoms with van der Waals surface area (Å²) in [4.78, 5) is 0. The van der Waals surface area contributed by atoms with Crippen LogP contribution in [0.1, 0.15) is 5.69 Å². The Hall–Kier alpha value is -1.43. The summed E-state index contributed by atoms with van der Waals surface area (Å²) in [6.07, 6.45) is 1.66. The first kappa shape index (κ1) is 11.1. The van der Waals surface area contributed by atoms with Gasteiger partial charge < -0.3 is 4.74 Å². The van der Waals surface area contributed by atoms with Crippen molar-refractivity contribution in [2.45, 2.75) is 5.33 Å². The van der Waals surface area contributed by atoms with E-state index >= 15 is 0 Å². The molecule has 1 aromatic heterocycles. The molecule has 0 aliphatic heterocycles. The predicted molar refractivity (Wildman–Crippen MR) is 60.5 cm³/mol. The lowest BCUT2D eigenvalue weighted by Gasteiger charge is -2.04. The number of benzene rings is 1. The summed E-state index contributed by atoms with van der Waals surface area (Å²) >= 11 is 3.26. The van der Waals surface area contributed by atoms with Crippen LogP contribution in [-0.4, -0.2) is 22.1 Å². The summed E-state index contributed by atoms with van der Waals surface area (Å²) in [7, 11) is 1.53. The van der Waals surface area contributed by atoms with Crippen molar-refractivity contribution in [1.29, 1.82) is 0 Å². The molecule has 2 aromatic rings. The van der Waals surface area contributed by atoms with Crippen LogP contribution in [0.15, 0.2) is 24.4 Å². The van der Waals surface area contributed by atoms with Crippen molar-refractivity contribution in [3.8, 4) is 11.4 Å². The fourth-order valence-electron chi connectivity index (χ4n) is 1.27. The van der Waals surface area contributed by atoms with Gasteiger partial charge >= 0.3 is 0 Å². The number of hydrogen-bond donors (Lipinski definition) is 0. The summed E-state index contributed by atoms with van der Waals surface area (Å²) in [5.74, 6) is 0.208. The molecule has 1 aromatic carbocycles. The summed E-state index contributed by atoms with van der Waals surface area (Å²) in [6, 6.07) is 4.47. The highest BCUT2D eigenvalue weighted by molar-refractivity contribution is 9.08. The largest absolute Gasteiger partial charge is 0.497 e. The third-order valence-corrected chi connectivity index (χ3v) is 2.65. The monoisotopic (exact) mass is 285 g/mol. The Morgan fingerprint density at radius 3 is 2.94 bits per heavy atom. The molecule has 0 saturated heterocycles. The van der Waals surface area contributed by atoms with Crippen molar-refractivity contribution in [3.05, 3.63) is 35.9 Å². The molecule has 0 saturated carbocycles. The average Bonchev–Trinajstić information content (AvgIpc) is 2.78. The van der Waals surface area contributed by atoms with Gasteiger partial charge in [-0.1, -0.05) is 21.1 Å². The maximum Gasteiger partial charge on any atom is 0.149 e. The molecular formula is C10H9BrFN3O. The summed E-state index contributed by atoms with van der Waals surface area (Å²) < 4.78 is 20.0. The van der Waals surface area contributed by atoms with Gasteiger partial charge in [0.1, 0.15) is 17.3 Å². The van der Waals surface area contributed by atoms with E-state index in [0.717, 1.165) is 5.69 Å². The number of ether oxygens (including phenoxy) is 1. The molecule has 0 aliphatic rings. The quantitative estimate of drug-likeness (QED) is 0.813. The van der Waals surface area contributed by atoms with Crippen LogP contribution in [-0.2, 0) is 5.33 Å². The molecule has 0 amide bonds. The van der Waals surface area contributed by atoms with Crippen LogP contribution >= 0.6 is 15.9 Å². The number of alkyl halides is 1. The van der Waals surface area contributed by atoms with Crippen molar-refractivity contribution in [2.24, 2.45) is 0 Å². The molecular weight excluding hydrogens is 277 g/mol. The molecule has 0 spiro atoms. The first-order valence-electron chi connectivity index (χ1n) is 4.55. The van der Waals surface area contributed by atoms with Crippen molar-refractivity contribution in [2.75, 3.05) is 7.11 Å². The zero-order valence-corrected chi connectivity index (χ0v) is 10.1. The van der Waals surface area contributed by atoms with Gasteiger partial charge in [0, 0.05) is 11.4 Å². The maximum atomic E-state index is 13.5. The third-order valence-electron chi connectivity index (χ3n) is 2.08. The number of rotatable bonds is 3. The van der Waals surface area contributed by atoms with Gasteiger partial charge in [-0.15, -0.1) is 5.10 Å². The van der Waals surface area contributed by atoms with E-state index in [1.165, 1.54) is 17.9 Å². The Kier molecular flexibility index (Phi) is 3.19. The molecule has 0 radical (unpaired) electrons. The lowest BCUT2D eigenvalue weighted by Crippen LogP contribution is -1.99. The minimum Gasteiger partial charge on any atom is -0.497 e. The van der Waals surface area contributed by atoms with Crippen molar-refractivity contribution in [3.63, 3.8) is 0 Å². The van der Waals surface area contributed by atoms with E-state index in [0.29, 0.717) is 16.8 Å². The van der Waals surface area contributed by atoms with Crippen molar-refractivity contribution < 1.29 is 9.13 Å². The first-order chi connectivity index (χ1) is 7.74. The number of nitrogens with zero attached hydrogens (tertiary/aromatic N) is 3. The molecule has 0 N–H and O–H groups in total. The lowest BCUT2D eigenvalue weighted by atomic mass is 10.3. The molecule has 0 aliphatic carbocycles. The minimum atomic E-state index is -0.369. The highest BCUT2D eigenvalue weighted by Gasteiger charge is 2.08. The SMILES string of the molecule is COc1ccc(F)c(-n2cc(CBr)nn2)c1. The van der Waals surface area contributed by atoms with Crippen LogP contribution in [0.5, 0.6) is 5.75 Å². The van der Waals surface area contributed by atoms with E-state index in [9.17, 15) is 4.39 Å². The van der Waals surface area contributed by atoms with Crippen LogP contribution in [0.3, 0.4) is 0 Å². The topological polar surface area (TPSA) is 39.9 Å². The molecule has 2 rings (SSSR count). The second-order valence-corrected chi connectivity index (χ2v) is 3.67. The van der Waals surface area contributed by atoms with E-state index in [1.54, 1.807) is 18.3 Å². The Morgan fingerprint density at radius 2 is 2.31 bits per heavy atom. The maximum absolute atomic E-state index is 13.5. The fourth-order valence-corrected chi connectivity index (χ4v) is 1.53. The van der Waals surface area contributed by atoms with Crippen LogP contribution < -0.4 is 4.74 Å². The molecule has 0 atom stereocenters. The van der Waals surface area contributed by atoms with Crippen molar-refractivity contribution >= 4 is 15.9 Å². The van der Waals surface area contributed by atoms with Gasteiger partial charge in [-0.2, -0.15) is 0 Å².